The maximum Gasteiger partial charge on any atom is 0.123 e. The topological polar surface area (TPSA) is 21.3 Å². The SMILES string of the molecule is CCNC(c1cc(Cl)ccc1OC)C(C)C. The van der Waals surface area contributed by atoms with E-state index in [2.05, 4.69) is 26.1 Å². The normalized spacial score (nSPS) is 12.9. The molecule has 0 saturated heterocycles. The second-order valence-electron chi connectivity index (χ2n) is 4.17. The summed E-state index contributed by atoms with van der Waals surface area (Å²) in [4.78, 5) is 0. The Morgan fingerprint density at radius 2 is 2.06 bits per heavy atom. The molecule has 1 aromatic carbocycles. The molecule has 16 heavy (non-hydrogen) atoms. The molecule has 90 valence electrons. The van der Waals surface area contributed by atoms with Gasteiger partial charge in [0.1, 0.15) is 5.75 Å². The van der Waals surface area contributed by atoms with E-state index in [1.54, 1.807) is 7.11 Å². The van der Waals surface area contributed by atoms with Gasteiger partial charge in [0.2, 0.25) is 0 Å². The molecule has 0 bridgehead atoms. The van der Waals surface area contributed by atoms with E-state index >= 15 is 0 Å². The highest BCUT2D eigenvalue weighted by Crippen LogP contribution is 2.32. The summed E-state index contributed by atoms with van der Waals surface area (Å²) in [5.74, 6) is 1.39. The standard InChI is InChI=1S/C13H20ClNO/c1-5-15-13(9(2)3)11-8-10(14)6-7-12(11)16-4/h6-9,13,15H,5H2,1-4H3. The number of methoxy groups -OCH3 is 1. The molecule has 0 spiro atoms. The minimum Gasteiger partial charge on any atom is -0.496 e. The molecule has 2 nitrogen and oxygen atoms in total. The summed E-state index contributed by atoms with van der Waals surface area (Å²) in [5, 5.41) is 4.21. The van der Waals surface area contributed by atoms with Crippen LogP contribution >= 0.6 is 11.6 Å². The Morgan fingerprint density at radius 1 is 1.38 bits per heavy atom. The lowest BCUT2D eigenvalue weighted by atomic mass is 9.95. The molecular formula is C13H20ClNO. The maximum atomic E-state index is 6.04. The van der Waals surface area contributed by atoms with Crippen molar-refractivity contribution in [3.63, 3.8) is 0 Å². The largest absolute Gasteiger partial charge is 0.496 e. The van der Waals surface area contributed by atoms with Crippen molar-refractivity contribution in [2.75, 3.05) is 13.7 Å². The fourth-order valence-corrected chi connectivity index (χ4v) is 2.05. The molecule has 1 N–H and O–H groups in total. The third-order valence-electron chi connectivity index (χ3n) is 2.62. The predicted octanol–water partition coefficient (Wildman–Crippen LogP) is 3.66. The van der Waals surface area contributed by atoms with Gasteiger partial charge in [0.25, 0.3) is 0 Å². The molecule has 3 heteroatoms. The summed E-state index contributed by atoms with van der Waals surface area (Å²) in [6.45, 7) is 7.41. The number of hydrogen-bond acceptors (Lipinski definition) is 2. The average Bonchev–Trinajstić information content (AvgIpc) is 2.25. The van der Waals surface area contributed by atoms with Gasteiger partial charge in [-0.05, 0) is 30.7 Å². The molecular weight excluding hydrogens is 222 g/mol. The van der Waals surface area contributed by atoms with E-state index in [9.17, 15) is 0 Å². The van der Waals surface area contributed by atoms with Crippen molar-refractivity contribution in [1.29, 1.82) is 0 Å². The fourth-order valence-electron chi connectivity index (χ4n) is 1.87. The van der Waals surface area contributed by atoms with E-state index in [-0.39, 0.29) is 6.04 Å². The molecule has 1 atom stereocenters. The van der Waals surface area contributed by atoms with Gasteiger partial charge in [-0.2, -0.15) is 0 Å². The Bertz CT molecular complexity index is 339. The van der Waals surface area contributed by atoms with Crippen LogP contribution in [-0.4, -0.2) is 13.7 Å². The Morgan fingerprint density at radius 3 is 2.56 bits per heavy atom. The zero-order valence-corrected chi connectivity index (χ0v) is 11.1. The van der Waals surface area contributed by atoms with Gasteiger partial charge >= 0.3 is 0 Å². The first-order chi connectivity index (χ1) is 7.60. The van der Waals surface area contributed by atoms with E-state index in [4.69, 9.17) is 16.3 Å². The van der Waals surface area contributed by atoms with E-state index < -0.39 is 0 Å². The van der Waals surface area contributed by atoms with E-state index in [1.165, 1.54) is 0 Å². The second kappa shape index (κ2) is 6.12. The van der Waals surface area contributed by atoms with Crippen LogP contribution < -0.4 is 10.1 Å². The zero-order valence-electron chi connectivity index (χ0n) is 10.4. The summed E-state index contributed by atoms with van der Waals surface area (Å²) in [6, 6.07) is 6.03. The van der Waals surface area contributed by atoms with Crippen molar-refractivity contribution in [2.24, 2.45) is 5.92 Å². The lowest BCUT2D eigenvalue weighted by Gasteiger charge is -2.24. The quantitative estimate of drug-likeness (QED) is 0.850. The summed E-state index contributed by atoms with van der Waals surface area (Å²) in [7, 11) is 1.69. The molecule has 0 aliphatic rings. The highest BCUT2D eigenvalue weighted by atomic mass is 35.5. The van der Waals surface area contributed by atoms with Crippen LogP contribution in [0.2, 0.25) is 5.02 Å². The highest BCUT2D eigenvalue weighted by Gasteiger charge is 2.18. The van der Waals surface area contributed by atoms with E-state index in [0.717, 1.165) is 22.9 Å². The van der Waals surface area contributed by atoms with Crippen LogP contribution in [0, 0.1) is 5.92 Å². The molecule has 0 radical (unpaired) electrons. The smallest absolute Gasteiger partial charge is 0.123 e. The van der Waals surface area contributed by atoms with Crippen molar-refractivity contribution in [1.82, 2.24) is 5.32 Å². The van der Waals surface area contributed by atoms with Gasteiger partial charge in [0, 0.05) is 16.6 Å². The summed E-state index contributed by atoms with van der Waals surface area (Å²) in [5.41, 5.74) is 1.13. The summed E-state index contributed by atoms with van der Waals surface area (Å²) >= 11 is 6.04. The molecule has 1 rings (SSSR count). The Hall–Kier alpha value is -0.730. The summed E-state index contributed by atoms with van der Waals surface area (Å²) < 4.78 is 5.38. The average molecular weight is 242 g/mol. The first kappa shape index (κ1) is 13.3. The third-order valence-corrected chi connectivity index (χ3v) is 2.85. The molecule has 1 aromatic rings. The fraction of sp³-hybridized carbons (Fsp3) is 0.538. The molecule has 0 aliphatic carbocycles. The molecule has 0 heterocycles. The van der Waals surface area contributed by atoms with Crippen LogP contribution in [-0.2, 0) is 0 Å². The lowest BCUT2D eigenvalue weighted by molar-refractivity contribution is 0.374. The van der Waals surface area contributed by atoms with Gasteiger partial charge in [-0.3, -0.25) is 0 Å². The Balaban J connectivity index is 3.10. The second-order valence-corrected chi connectivity index (χ2v) is 4.60. The number of rotatable bonds is 5. The van der Waals surface area contributed by atoms with E-state index in [1.807, 2.05) is 18.2 Å². The Kier molecular flexibility index (Phi) is 5.10. The molecule has 1 unspecified atom stereocenters. The number of benzene rings is 1. The van der Waals surface area contributed by atoms with Crippen LogP contribution in [0.15, 0.2) is 18.2 Å². The minimum absolute atomic E-state index is 0.277. The van der Waals surface area contributed by atoms with Gasteiger partial charge in [-0.1, -0.05) is 32.4 Å². The first-order valence-electron chi connectivity index (χ1n) is 5.67. The van der Waals surface area contributed by atoms with Gasteiger partial charge in [-0.25, -0.2) is 0 Å². The van der Waals surface area contributed by atoms with Crippen LogP contribution in [0.3, 0.4) is 0 Å². The number of ether oxygens (including phenoxy) is 1. The molecule has 0 fully saturated rings. The van der Waals surface area contributed by atoms with Crippen molar-refractivity contribution in [2.45, 2.75) is 26.8 Å². The van der Waals surface area contributed by atoms with E-state index in [0.29, 0.717) is 5.92 Å². The molecule has 0 amide bonds. The Labute approximate surface area is 103 Å². The highest BCUT2D eigenvalue weighted by molar-refractivity contribution is 6.30. The monoisotopic (exact) mass is 241 g/mol. The molecule has 0 aromatic heterocycles. The van der Waals surface area contributed by atoms with Gasteiger partial charge in [0.15, 0.2) is 0 Å². The number of hydrogen-bond donors (Lipinski definition) is 1. The molecule has 0 saturated carbocycles. The van der Waals surface area contributed by atoms with Gasteiger partial charge in [-0.15, -0.1) is 0 Å². The van der Waals surface area contributed by atoms with Crippen molar-refractivity contribution >= 4 is 11.6 Å². The minimum atomic E-state index is 0.277. The summed E-state index contributed by atoms with van der Waals surface area (Å²) in [6.07, 6.45) is 0. The van der Waals surface area contributed by atoms with Crippen LogP contribution in [0.1, 0.15) is 32.4 Å². The lowest BCUT2D eigenvalue weighted by Crippen LogP contribution is -2.25. The molecule has 0 aliphatic heterocycles. The number of nitrogens with one attached hydrogen (secondary N) is 1. The van der Waals surface area contributed by atoms with Crippen LogP contribution in [0.4, 0.5) is 0 Å². The number of halogens is 1. The third kappa shape index (κ3) is 3.13. The van der Waals surface area contributed by atoms with Crippen molar-refractivity contribution < 1.29 is 4.74 Å². The van der Waals surface area contributed by atoms with Crippen molar-refractivity contribution in [3.8, 4) is 5.75 Å². The predicted molar refractivity (Wildman–Crippen MR) is 69.3 cm³/mol. The van der Waals surface area contributed by atoms with Crippen LogP contribution in [0.25, 0.3) is 0 Å². The van der Waals surface area contributed by atoms with Gasteiger partial charge in [0.05, 0.1) is 7.11 Å². The first-order valence-corrected chi connectivity index (χ1v) is 6.04. The maximum absolute atomic E-state index is 6.04. The zero-order chi connectivity index (χ0) is 12.1. The van der Waals surface area contributed by atoms with Crippen LogP contribution in [0.5, 0.6) is 5.75 Å². The van der Waals surface area contributed by atoms with Gasteiger partial charge < -0.3 is 10.1 Å². The van der Waals surface area contributed by atoms with Crippen molar-refractivity contribution in [3.05, 3.63) is 28.8 Å².